The standard InChI is InChI=1S/C15H21ClN2O2/c1-12-5-6-13(16)11-14(12)17-15(19)20-10-9-18-7-3-2-4-8-18/h5-6,11H,2-4,7-10H2,1H3,(H,17,19). The number of carbonyl (C=O) groups is 1. The number of piperidine rings is 1. The lowest BCUT2D eigenvalue weighted by molar-refractivity contribution is 0.131. The summed E-state index contributed by atoms with van der Waals surface area (Å²) >= 11 is 5.91. The molecule has 1 fully saturated rings. The van der Waals surface area contributed by atoms with Gasteiger partial charge in [-0.2, -0.15) is 0 Å². The molecule has 1 aromatic rings. The summed E-state index contributed by atoms with van der Waals surface area (Å²) in [6, 6.07) is 5.39. The van der Waals surface area contributed by atoms with Crippen LogP contribution in [0.1, 0.15) is 24.8 Å². The number of nitrogens with zero attached hydrogens (tertiary/aromatic N) is 1. The second-order valence-electron chi connectivity index (χ2n) is 5.12. The average molecular weight is 297 g/mol. The van der Waals surface area contributed by atoms with Gasteiger partial charge in [-0.15, -0.1) is 0 Å². The van der Waals surface area contributed by atoms with Gasteiger partial charge in [0.1, 0.15) is 6.61 Å². The van der Waals surface area contributed by atoms with Crippen molar-refractivity contribution in [2.45, 2.75) is 26.2 Å². The number of halogens is 1. The van der Waals surface area contributed by atoms with Crippen molar-refractivity contribution < 1.29 is 9.53 Å². The van der Waals surface area contributed by atoms with Gasteiger partial charge >= 0.3 is 6.09 Å². The fourth-order valence-corrected chi connectivity index (χ4v) is 2.50. The fourth-order valence-electron chi connectivity index (χ4n) is 2.33. The Morgan fingerprint density at radius 1 is 1.35 bits per heavy atom. The molecule has 0 atom stereocenters. The van der Waals surface area contributed by atoms with E-state index in [1.807, 2.05) is 13.0 Å². The summed E-state index contributed by atoms with van der Waals surface area (Å²) in [6.45, 7) is 5.36. The van der Waals surface area contributed by atoms with E-state index in [1.54, 1.807) is 12.1 Å². The molecule has 0 aliphatic carbocycles. The molecule has 0 saturated carbocycles. The summed E-state index contributed by atoms with van der Waals surface area (Å²) in [5.41, 5.74) is 1.66. The van der Waals surface area contributed by atoms with Crippen LogP contribution < -0.4 is 5.32 Å². The van der Waals surface area contributed by atoms with E-state index in [9.17, 15) is 4.79 Å². The Hall–Kier alpha value is -1.26. The number of anilines is 1. The van der Waals surface area contributed by atoms with Gasteiger partial charge in [-0.1, -0.05) is 24.1 Å². The molecule has 1 aromatic carbocycles. The van der Waals surface area contributed by atoms with Crippen molar-refractivity contribution in [1.29, 1.82) is 0 Å². The molecular formula is C15H21ClN2O2. The van der Waals surface area contributed by atoms with Crippen molar-refractivity contribution in [2.24, 2.45) is 0 Å². The van der Waals surface area contributed by atoms with Crippen molar-refractivity contribution >= 4 is 23.4 Å². The first-order valence-corrected chi connectivity index (χ1v) is 7.45. The molecule has 0 spiro atoms. The van der Waals surface area contributed by atoms with Crippen LogP contribution in [0.4, 0.5) is 10.5 Å². The summed E-state index contributed by atoms with van der Waals surface area (Å²) in [6.07, 6.45) is 3.38. The zero-order chi connectivity index (χ0) is 14.4. The van der Waals surface area contributed by atoms with Crippen molar-refractivity contribution in [3.8, 4) is 0 Å². The first kappa shape index (κ1) is 15.1. The third kappa shape index (κ3) is 4.69. The summed E-state index contributed by atoms with van der Waals surface area (Å²) in [5.74, 6) is 0. The Labute approximate surface area is 125 Å². The molecule has 1 aliphatic rings. The van der Waals surface area contributed by atoms with E-state index in [-0.39, 0.29) is 0 Å². The lowest BCUT2D eigenvalue weighted by Gasteiger charge is -2.25. The van der Waals surface area contributed by atoms with Gasteiger partial charge in [0.2, 0.25) is 0 Å². The molecule has 1 saturated heterocycles. The van der Waals surface area contributed by atoms with Crippen molar-refractivity contribution in [1.82, 2.24) is 4.90 Å². The Morgan fingerprint density at radius 2 is 2.10 bits per heavy atom. The minimum absolute atomic E-state index is 0.422. The molecule has 4 nitrogen and oxygen atoms in total. The molecule has 0 aromatic heterocycles. The minimum atomic E-state index is -0.424. The SMILES string of the molecule is Cc1ccc(Cl)cc1NC(=O)OCCN1CCCCC1. The Bertz CT molecular complexity index is 459. The fraction of sp³-hybridized carbons (Fsp3) is 0.533. The van der Waals surface area contributed by atoms with Crippen LogP contribution in [0, 0.1) is 6.92 Å². The average Bonchev–Trinajstić information content (AvgIpc) is 2.44. The number of rotatable bonds is 4. The molecule has 0 unspecified atom stereocenters. The van der Waals surface area contributed by atoms with Gasteiger partial charge in [0, 0.05) is 17.3 Å². The van der Waals surface area contributed by atoms with Crippen LogP contribution in [0.3, 0.4) is 0 Å². The molecule has 1 N–H and O–H groups in total. The number of hydrogen-bond donors (Lipinski definition) is 1. The van der Waals surface area contributed by atoms with Gasteiger partial charge in [-0.25, -0.2) is 4.79 Å². The molecule has 0 radical (unpaired) electrons. The second-order valence-corrected chi connectivity index (χ2v) is 5.56. The van der Waals surface area contributed by atoms with Gasteiger partial charge in [0.15, 0.2) is 0 Å². The maximum Gasteiger partial charge on any atom is 0.411 e. The predicted molar refractivity (Wildman–Crippen MR) is 81.5 cm³/mol. The summed E-state index contributed by atoms with van der Waals surface area (Å²) < 4.78 is 5.21. The van der Waals surface area contributed by atoms with Crippen LogP contribution in [0.5, 0.6) is 0 Å². The number of ether oxygens (including phenoxy) is 1. The highest BCUT2D eigenvalue weighted by atomic mass is 35.5. The predicted octanol–water partition coefficient (Wildman–Crippen LogP) is 3.68. The highest BCUT2D eigenvalue weighted by Gasteiger charge is 2.11. The second kappa shape index (κ2) is 7.50. The van der Waals surface area contributed by atoms with Gasteiger partial charge in [-0.05, 0) is 50.6 Å². The van der Waals surface area contributed by atoms with E-state index in [0.717, 1.165) is 25.2 Å². The van der Waals surface area contributed by atoms with Crippen LogP contribution >= 0.6 is 11.6 Å². The van der Waals surface area contributed by atoms with Gasteiger partial charge in [-0.3, -0.25) is 10.2 Å². The molecular weight excluding hydrogens is 276 g/mol. The molecule has 5 heteroatoms. The van der Waals surface area contributed by atoms with Crippen LogP contribution in [0.15, 0.2) is 18.2 Å². The van der Waals surface area contributed by atoms with Crippen LogP contribution in [-0.4, -0.2) is 37.2 Å². The monoisotopic (exact) mass is 296 g/mol. The maximum absolute atomic E-state index is 11.7. The van der Waals surface area contributed by atoms with Crippen LogP contribution in [-0.2, 0) is 4.74 Å². The van der Waals surface area contributed by atoms with E-state index in [1.165, 1.54) is 19.3 Å². The quantitative estimate of drug-likeness (QED) is 0.921. The van der Waals surface area contributed by atoms with Crippen LogP contribution in [0.25, 0.3) is 0 Å². The Kier molecular flexibility index (Phi) is 5.68. The van der Waals surface area contributed by atoms with E-state index in [2.05, 4.69) is 10.2 Å². The lowest BCUT2D eigenvalue weighted by Crippen LogP contribution is -2.33. The Morgan fingerprint density at radius 3 is 2.85 bits per heavy atom. The van der Waals surface area contributed by atoms with Crippen LogP contribution in [0.2, 0.25) is 5.02 Å². The number of carbonyl (C=O) groups excluding carboxylic acids is 1. The van der Waals surface area contributed by atoms with Gasteiger partial charge in [0.25, 0.3) is 0 Å². The van der Waals surface area contributed by atoms with E-state index < -0.39 is 6.09 Å². The third-order valence-corrected chi connectivity index (χ3v) is 3.76. The molecule has 1 amide bonds. The summed E-state index contributed by atoms with van der Waals surface area (Å²) in [7, 11) is 0. The maximum atomic E-state index is 11.7. The highest BCUT2D eigenvalue weighted by molar-refractivity contribution is 6.30. The minimum Gasteiger partial charge on any atom is -0.448 e. The van der Waals surface area contributed by atoms with Gasteiger partial charge in [0.05, 0.1) is 0 Å². The molecule has 1 heterocycles. The van der Waals surface area contributed by atoms with Crippen molar-refractivity contribution in [3.63, 3.8) is 0 Å². The smallest absolute Gasteiger partial charge is 0.411 e. The normalized spacial score (nSPS) is 15.9. The number of benzene rings is 1. The zero-order valence-corrected chi connectivity index (χ0v) is 12.6. The molecule has 110 valence electrons. The summed E-state index contributed by atoms with van der Waals surface area (Å²) in [4.78, 5) is 14.1. The van der Waals surface area contributed by atoms with Gasteiger partial charge < -0.3 is 4.74 Å². The summed E-state index contributed by atoms with van der Waals surface area (Å²) in [5, 5.41) is 3.32. The molecule has 1 aliphatic heterocycles. The number of hydrogen-bond acceptors (Lipinski definition) is 3. The number of aryl methyl sites for hydroxylation is 1. The zero-order valence-electron chi connectivity index (χ0n) is 11.8. The number of likely N-dealkylation sites (tertiary alicyclic amines) is 1. The molecule has 0 bridgehead atoms. The van der Waals surface area contributed by atoms with E-state index in [0.29, 0.717) is 17.3 Å². The third-order valence-electron chi connectivity index (χ3n) is 3.53. The number of nitrogens with one attached hydrogen (secondary N) is 1. The number of amides is 1. The highest BCUT2D eigenvalue weighted by Crippen LogP contribution is 2.20. The molecule has 20 heavy (non-hydrogen) atoms. The first-order chi connectivity index (χ1) is 9.65. The Balaban J connectivity index is 1.73. The lowest BCUT2D eigenvalue weighted by atomic mass is 10.1. The van der Waals surface area contributed by atoms with E-state index >= 15 is 0 Å². The largest absolute Gasteiger partial charge is 0.448 e. The van der Waals surface area contributed by atoms with E-state index in [4.69, 9.17) is 16.3 Å². The van der Waals surface area contributed by atoms with Crippen molar-refractivity contribution in [2.75, 3.05) is 31.6 Å². The van der Waals surface area contributed by atoms with Crippen molar-refractivity contribution in [3.05, 3.63) is 28.8 Å². The first-order valence-electron chi connectivity index (χ1n) is 7.07. The molecule has 2 rings (SSSR count). The topological polar surface area (TPSA) is 41.6 Å².